The molecule has 2 N–H and O–H groups in total. The van der Waals surface area contributed by atoms with Gasteiger partial charge in [-0.05, 0) is 79.8 Å². The number of benzene rings is 1. The van der Waals surface area contributed by atoms with Crippen molar-refractivity contribution >= 4 is 22.9 Å². The van der Waals surface area contributed by atoms with Crippen molar-refractivity contribution in [3.8, 4) is 0 Å². The summed E-state index contributed by atoms with van der Waals surface area (Å²) in [4.78, 5) is 31.9. The minimum absolute atomic E-state index is 0.0995. The van der Waals surface area contributed by atoms with E-state index in [1.54, 1.807) is 12.4 Å². The largest absolute Gasteiger partial charge is 0.351 e. The summed E-state index contributed by atoms with van der Waals surface area (Å²) in [7, 11) is 0. The van der Waals surface area contributed by atoms with Crippen LogP contribution in [0.1, 0.15) is 72.9 Å². The molecule has 1 saturated carbocycles. The number of aromatic nitrogens is 4. The zero-order chi connectivity index (χ0) is 28.9. The van der Waals surface area contributed by atoms with Gasteiger partial charge in [0.05, 0.1) is 29.5 Å². The van der Waals surface area contributed by atoms with Gasteiger partial charge in [0.25, 0.3) is 5.91 Å². The molecule has 2 unspecified atom stereocenters. The standard InChI is InChI=1S/C35H36N6O/c1-3-25-18-27(17-24-9-5-4-6-10-24)23(2)33(19-29(25)31-11-7-8-16-38-31)41-35(42)34-32(39-28-20-36-22-37-21-28)15-14-30(40-34)26-12-13-26/h4-11,14-16,19-23,26-27,39H,3,12-13,17-18H2,1-2H3,(H,41,42). The van der Waals surface area contributed by atoms with E-state index in [9.17, 15) is 4.79 Å². The van der Waals surface area contributed by atoms with Crippen molar-refractivity contribution in [3.63, 3.8) is 0 Å². The van der Waals surface area contributed by atoms with Crippen LogP contribution in [-0.4, -0.2) is 25.8 Å². The number of carbonyl (C=O) groups excluding carboxylic acids is 1. The van der Waals surface area contributed by atoms with Crippen molar-refractivity contribution in [3.05, 3.63) is 126 Å². The number of allylic oxidation sites excluding steroid dienone is 4. The average Bonchev–Trinajstić information content (AvgIpc) is 3.89. The van der Waals surface area contributed by atoms with Crippen LogP contribution in [0, 0.1) is 11.8 Å². The van der Waals surface area contributed by atoms with Gasteiger partial charge in [0.2, 0.25) is 0 Å². The van der Waals surface area contributed by atoms with Crippen molar-refractivity contribution < 1.29 is 4.79 Å². The first kappa shape index (κ1) is 27.5. The second kappa shape index (κ2) is 12.5. The third-order valence-electron chi connectivity index (χ3n) is 8.32. The van der Waals surface area contributed by atoms with E-state index >= 15 is 0 Å². The summed E-state index contributed by atoms with van der Waals surface area (Å²) in [6.45, 7) is 4.43. The first-order valence-electron chi connectivity index (χ1n) is 14.8. The van der Waals surface area contributed by atoms with Crippen LogP contribution in [0.4, 0.5) is 11.4 Å². The van der Waals surface area contributed by atoms with Crippen LogP contribution < -0.4 is 10.6 Å². The number of amides is 1. The van der Waals surface area contributed by atoms with Gasteiger partial charge in [-0.25, -0.2) is 15.0 Å². The van der Waals surface area contributed by atoms with Gasteiger partial charge in [0.15, 0.2) is 5.69 Å². The van der Waals surface area contributed by atoms with Gasteiger partial charge in [-0.2, -0.15) is 0 Å². The van der Waals surface area contributed by atoms with Crippen LogP contribution >= 0.6 is 0 Å². The Morgan fingerprint density at radius 2 is 1.76 bits per heavy atom. The fourth-order valence-corrected chi connectivity index (χ4v) is 5.74. The smallest absolute Gasteiger partial charge is 0.276 e. The summed E-state index contributed by atoms with van der Waals surface area (Å²) in [6.07, 6.45) is 13.8. The lowest BCUT2D eigenvalue weighted by Gasteiger charge is -2.26. The van der Waals surface area contributed by atoms with Crippen LogP contribution in [0.2, 0.25) is 0 Å². The molecule has 0 radical (unpaired) electrons. The molecule has 0 saturated heterocycles. The van der Waals surface area contributed by atoms with Crippen molar-refractivity contribution in [1.82, 2.24) is 25.3 Å². The zero-order valence-electron chi connectivity index (χ0n) is 24.1. The van der Waals surface area contributed by atoms with Gasteiger partial charge in [-0.15, -0.1) is 0 Å². The molecule has 42 heavy (non-hydrogen) atoms. The Balaban J connectivity index is 1.37. The van der Waals surface area contributed by atoms with Gasteiger partial charge in [-0.3, -0.25) is 9.78 Å². The third-order valence-corrected chi connectivity index (χ3v) is 8.32. The topological polar surface area (TPSA) is 92.7 Å². The number of hydrogen-bond donors (Lipinski definition) is 2. The molecule has 2 aliphatic carbocycles. The highest BCUT2D eigenvalue weighted by Gasteiger charge is 2.30. The van der Waals surface area contributed by atoms with E-state index in [1.807, 2.05) is 36.5 Å². The second-order valence-corrected chi connectivity index (χ2v) is 11.2. The molecule has 212 valence electrons. The monoisotopic (exact) mass is 556 g/mol. The quantitative estimate of drug-likeness (QED) is 0.225. The molecule has 0 spiro atoms. The lowest BCUT2D eigenvalue weighted by Crippen LogP contribution is -2.31. The minimum Gasteiger partial charge on any atom is -0.351 e. The average molecular weight is 557 g/mol. The molecule has 3 aromatic heterocycles. The second-order valence-electron chi connectivity index (χ2n) is 11.2. The van der Waals surface area contributed by atoms with Crippen LogP contribution in [0.3, 0.4) is 0 Å². The van der Waals surface area contributed by atoms with Crippen LogP contribution in [0.5, 0.6) is 0 Å². The molecular weight excluding hydrogens is 520 g/mol. The third kappa shape index (κ3) is 6.30. The fourth-order valence-electron chi connectivity index (χ4n) is 5.74. The molecule has 0 bridgehead atoms. The number of anilines is 2. The Bertz CT molecular complexity index is 1600. The highest BCUT2D eigenvalue weighted by Crippen LogP contribution is 2.40. The predicted molar refractivity (Wildman–Crippen MR) is 166 cm³/mol. The first-order valence-corrected chi connectivity index (χ1v) is 14.8. The van der Waals surface area contributed by atoms with Crippen molar-refractivity contribution in [2.24, 2.45) is 11.8 Å². The van der Waals surface area contributed by atoms with Crippen LogP contribution in [0.15, 0.2) is 103 Å². The molecule has 2 aliphatic rings. The molecule has 4 aromatic rings. The molecule has 1 aromatic carbocycles. The Labute approximate surface area is 247 Å². The number of carbonyl (C=O) groups is 1. The molecular formula is C35H36N6O. The molecule has 0 aliphatic heterocycles. The number of pyridine rings is 2. The lowest BCUT2D eigenvalue weighted by atomic mass is 9.82. The van der Waals surface area contributed by atoms with E-state index in [-0.39, 0.29) is 11.8 Å². The van der Waals surface area contributed by atoms with Gasteiger partial charge in [-0.1, -0.05) is 55.8 Å². The van der Waals surface area contributed by atoms with Crippen molar-refractivity contribution in [1.29, 1.82) is 0 Å². The van der Waals surface area contributed by atoms with E-state index in [1.165, 1.54) is 17.5 Å². The summed E-state index contributed by atoms with van der Waals surface area (Å²) in [6, 6.07) is 20.6. The maximum absolute atomic E-state index is 14.1. The SMILES string of the molecule is CCC1=C(c2ccccn2)C=C(NC(=O)c2nc(C3CC3)ccc2Nc2cncnc2)C(C)C(Cc2ccccc2)C1. The number of nitrogens with one attached hydrogen (secondary N) is 2. The van der Waals surface area contributed by atoms with Crippen LogP contribution in [0.25, 0.3) is 5.57 Å². The normalized spacial score (nSPS) is 18.7. The first-order chi connectivity index (χ1) is 20.6. The summed E-state index contributed by atoms with van der Waals surface area (Å²) in [5, 5.41) is 6.63. The molecule has 3 heterocycles. The molecule has 7 heteroatoms. The van der Waals surface area contributed by atoms with Gasteiger partial charge in [0.1, 0.15) is 6.33 Å². The Kier molecular flexibility index (Phi) is 8.17. The van der Waals surface area contributed by atoms with Crippen LogP contribution in [-0.2, 0) is 6.42 Å². The predicted octanol–water partition coefficient (Wildman–Crippen LogP) is 7.26. The molecule has 6 rings (SSSR count). The molecule has 2 atom stereocenters. The Hall–Kier alpha value is -4.65. The highest BCUT2D eigenvalue weighted by molar-refractivity contribution is 5.99. The zero-order valence-corrected chi connectivity index (χ0v) is 24.1. The van der Waals surface area contributed by atoms with Gasteiger partial charge in [0, 0.05) is 29.1 Å². The highest BCUT2D eigenvalue weighted by atomic mass is 16.1. The van der Waals surface area contributed by atoms with E-state index in [0.717, 1.165) is 54.8 Å². The van der Waals surface area contributed by atoms with Crippen molar-refractivity contribution in [2.45, 2.75) is 51.9 Å². The van der Waals surface area contributed by atoms with E-state index in [2.05, 4.69) is 70.9 Å². The summed E-state index contributed by atoms with van der Waals surface area (Å²) in [5.74, 6) is 0.596. The van der Waals surface area contributed by atoms with E-state index < -0.39 is 0 Å². The molecule has 1 amide bonds. The Morgan fingerprint density at radius 1 is 0.976 bits per heavy atom. The number of hydrogen-bond acceptors (Lipinski definition) is 6. The lowest BCUT2D eigenvalue weighted by molar-refractivity contribution is 0.0955. The minimum atomic E-state index is -0.228. The van der Waals surface area contributed by atoms with E-state index in [0.29, 0.717) is 28.9 Å². The van der Waals surface area contributed by atoms with E-state index in [4.69, 9.17) is 9.97 Å². The molecule has 7 nitrogen and oxygen atoms in total. The maximum atomic E-state index is 14.1. The summed E-state index contributed by atoms with van der Waals surface area (Å²) in [5.41, 5.74) is 8.22. The number of nitrogens with zero attached hydrogens (tertiary/aromatic N) is 4. The Morgan fingerprint density at radius 3 is 2.48 bits per heavy atom. The van der Waals surface area contributed by atoms with Gasteiger partial charge >= 0.3 is 0 Å². The maximum Gasteiger partial charge on any atom is 0.276 e. The van der Waals surface area contributed by atoms with Crippen molar-refractivity contribution in [2.75, 3.05) is 5.32 Å². The fraction of sp³-hybridized carbons (Fsp3) is 0.286. The molecule has 1 fully saturated rings. The summed E-state index contributed by atoms with van der Waals surface area (Å²) < 4.78 is 0. The van der Waals surface area contributed by atoms with Gasteiger partial charge < -0.3 is 10.6 Å². The summed E-state index contributed by atoms with van der Waals surface area (Å²) >= 11 is 0. The number of rotatable bonds is 9.